The number of rotatable bonds is 2. The van der Waals surface area contributed by atoms with Gasteiger partial charge in [0.05, 0.1) is 11.8 Å². The van der Waals surface area contributed by atoms with Gasteiger partial charge in [0.2, 0.25) is 0 Å². The number of amides is 2. The van der Waals surface area contributed by atoms with Crippen molar-refractivity contribution in [3.05, 3.63) is 71.8 Å². The topological polar surface area (TPSA) is 41.5 Å². The van der Waals surface area contributed by atoms with Crippen LogP contribution < -0.4 is 5.32 Å². The molecule has 0 saturated heterocycles. The monoisotopic (exact) mass is 278 g/mol. The molecule has 0 aliphatic carbocycles. The predicted octanol–water partition coefficient (Wildman–Crippen LogP) is 3.97. The van der Waals surface area contributed by atoms with Crippen molar-refractivity contribution in [1.29, 1.82) is 0 Å². The zero-order chi connectivity index (χ0) is 14.9. The molecular formula is C18H18N2O. The Bertz CT molecular complexity index is 675. The average Bonchev–Trinajstić information content (AvgIpc) is 2.51. The van der Waals surface area contributed by atoms with E-state index in [-0.39, 0.29) is 17.5 Å². The Morgan fingerprint density at radius 3 is 2.14 bits per heavy atom. The summed E-state index contributed by atoms with van der Waals surface area (Å²) in [5.41, 5.74) is 2.65. The Balaban J connectivity index is 2.08. The van der Waals surface area contributed by atoms with Gasteiger partial charge in [-0.1, -0.05) is 74.5 Å². The first kappa shape index (κ1) is 13.6. The van der Waals surface area contributed by atoms with E-state index < -0.39 is 0 Å². The van der Waals surface area contributed by atoms with E-state index in [1.165, 1.54) is 0 Å². The fourth-order valence-corrected chi connectivity index (χ4v) is 2.90. The van der Waals surface area contributed by atoms with Crippen molar-refractivity contribution >= 4 is 11.7 Å². The van der Waals surface area contributed by atoms with Crippen LogP contribution in [0.15, 0.2) is 65.7 Å². The van der Waals surface area contributed by atoms with Crippen LogP contribution in [0.3, 0.4) is 0 Å². The number of carbonyl (C=O) groups is 1. The first-order valence-electron chi connectivity index (χ1n) is 7.09. The summed E-state index contributed by atoms with van der Waals surface area (Å²) in [4.78, 5) is 16.3. The lowest BCUT2D eigenvalue weighted by atomic mass is 9.73. The molecule has 106 valence electrons. The average molecular weight is 278 g/mol. The SMILES string of the molecule is CC1(C)C(c2ccccc2)=NC(=O)NC1c1ccccc1. The molecule has 3 nitrogen and oxygen atoms in total. The van der Waals surface area contributed by atoms with Gasteiger partial charge in [-0.2, -0.15) is 4.99 Å². The zero-order valence-corrected chi connectivity index (χ0v) is 12.2. The summed E-state index contributed by atoms with van der Waals surface area (Å²) in [6.45, 7) is 4.24. The van der Waals surface area contributed by atoms with E-state index in [0.717, 1.165) is 16.8 Å². The normalized spacial score (nSPS) is 20.6. The number of benzene rings is 2. The highest BCUT2D eigenvalue weighted by molar-refractivity contribution is 6.11. The minimum absolute atomic E-state index is 0.0843. The Labute approximate surface area is 124 Å². The summed E-state index contributed by atoms with van der Waals surface area (Å²) < 4.78 is 0. The standard InChI is InChI=1S/C18H18N2O/c1-18(2)15(13-9-5-3-6-10-13)19-17(21)20-16(18)14-11-7-4-8-12-14/h3-12,15H,1-2H3,(H,19,21). The van der Waals surface area contributed by atoms with Gasteiger partial charge in [0.25, 0.3) is 0 Å². The van der Waals surface area contributed by atoms with Gasteiger partial charge in [-0.25, -0.2) is 4.79 Å². The molecule has 21 heavy (non-hydrogen) atoms. The molecule has 1 N–H and O–H groups in total. The maximum Gasteiger partial charge on any atom is 0.341 e. The number of nitrogens with one attached hydrogen (secondary N) is 1. The van der Waals surface area contributed by atoms with Crippen LogP contribution in [0.5, 0.6) is 0 Å². The molecule has 1 unspecified atom stereocenters. The highest BCUT2D eigenvalue weighted by Crippen LogP contribution is 2.39. The van der Waals surface area contributed by atoms with Gasteiger partial charge in [-0.3, -0.25) is 0 Å². The van der Waals surface area contributed by atoms with Gasteiger partial charge in [-0.05, 0) is 11.1 Å². The summed E-state index contributed by atoms with van der Waals surface area (Å²) in [5.74, 6) is 0. The molecule has 2 aromatic rings. The van der Waals surface area contributed by atoms with Crippen molar-refractivity contribution in [2.45, 2.75) is 19.9 Å². The quantitative estimate of drug-likeness (QED) is 0.887. The van der Waals surface area contributed by atoms with Crippen LogP contribution in [-0.2, 0) is 0 Å². The van der Waals surface area contributed by atoms with Crippen LogP contribution >= 0.6 is 0 Å². The van der Waals surface area contributed by atoms with Crippen molar-refractivity contribution < 1.29 is 4.79 Å². The zero-order valence-electron chi connectivity index (χ0n) is 12.2. The highest BCUT2D eigenvalue weighted by Gasteiger charge is 2.40. The first-order valence-corrected chi connectivity index (χ1v) is 7.09. The van der Waals surface area contributed by atoms with E-state index in [2.05, 4.69) is 24.2 Å². The highest BCUT2D eigenvalue weighted by atomic mass is 16.2. The van der Waals surface area contributed by atoms with Gasteiger partial charge >= 0.3 is 6.03 Å². The van der Waals surface area contributed by atoms with Gasteiger partial charge in [0.15, 0.2) is 0 Å². The molecule has 1 heterocycles. The summed E-state index contributed by atoms with van der Waals surface area (Å²) in [6.07, 6.45) is 0. The molecule has 1 aliphatic rings. The molecule has 1 atom stereocenters. The molecule has 0 radical (unpaired) electrons. The Morgan fingerprint density at radius 1 is 0.952 bits per heavy atom. The van der Waals surface area contributed by atoms with Crippen LogP contribution in [0.1, 0.15) is 31.0 Å². The minimum Gasteiger partial charge on any atom is -0.328 e. The second-order valence-electron chi connectivity index (χ2n) is 5.84. The third-order valence-electron chi connectivity index (χ3n) is 3.99. The molecule has 0 spiro atoms. The molecule has 2 aromatic carbocycles. The van der Waals surface area contributed by atoms with E-state index in [9.17, 15) is 4.79 Å². The van der Waals surface area contributed by atoms with Gasteiger partial charge in [0, 0.05) is 5.41 Å². The maximum absolute atomic E-state index is 12.0. The van der Waals surface area contributed by atoms with Crippen molar-refractivity contribution in [2.24, 2.45) is 10.4 Å². The van der Waals surface area contributed by atoms with Crippen LogP contribution in [-0.4, -0.2) is 11.7 Å². The molecule has 0 fully saturated rings. The number of hydrogen-bond acceptors (Lipinski definition) is 1. The maximum atomic E-state index is 12.0. The lowest BCUT2D eigenvalue weighted by Crippen LogP contribution is -2.46. The third-order valence-corrected chi connectivity index (χ3v) is 3.99. The molecule has 3 heteroatoms. The van der Waals surface area contributed by atoms with E-state index >= 15 is 0 Å². The second-order valence-corrected chi connectivity index (χ2v) is 5.84. The van der Waals surface area contributed by atoms with Gasteiger partial charge < -0.3 is 5.32 Å². The summed E-state index contributed by atoms with van der Waals surface area (Å²) in [6, 6.07) is 19.6. The Morgan fingerprint density at radius 2 is 1.52 bits per heavy atom. The van der Waals surface area contributed by atoms with E-state index in [1.807, 2.05) is 60.7 Å². The van der Waals surface area contributed by atoms with Gasteiger partial charge in [0.1, 0.15) is 0 Å². The van der Waals surface area contributed by atoms with Crippen molar-refractivity contribution in [3.63, 3.8) is 0 Å². The number of nitrogens with zero attached hydrogens (tertiary/aromatic N) is 1. The van der Waals surface area contributed by atoms with Crippen LogP contribution in [0.25, 0.3) is 0 Å². The van der Waals surface area contributed by atoms with Gasteiger partial charge in [-0.15, -0.1) is 0 Å². The first-order chi connectivity index (χ1) is 10.1. The molecule has 0 aromatic heterocycles. The molecular weight excluding hydrogens is 260 g/mol. The Kier molecular flexibility index (Phi) is 3.34. The van der Waals surface area contributed by atoms with E-state index in [0.29, 0.717) is 0 Å². The van der Waals surface area contributed by atoms with Crippen molar-refractivity contribution in [1.82, 2.24) is 5.32 Å². The van der Waals surface area contributed by atoms with Crippen molar-refractivity contribution in [3.8, 4) is 0 Å². The summed E-state index contributed by atoms with van der Waals surface area (Å²) >= 11 is 0. The molecule has 3 rings (SSSR count). The number of hydrogen-bond donors (Lipinski definition) is 1. The molecule has 0 saturated carbocycles. The smallest absolute Gasteiger partial charge is 0.328 e. The van der Waals surface area contributed by atoms with Crippen LogP contribution in [0.4, 0.5) is 4.79 Å². The van der Waals surface area contributed by atoms with E-state index in [4.69, 9.17) is 0 Å². The second kappa shape index (κ2) is 5.17. The lowest BCUT2D eigenvalue weighted by Gasteiger charge is -2.39. The largest absolute Gasteiger partial charge is 0.341 e. The molecule has 0 bridgehead atoms. The summed E-state index contributed by atoms with van der Waals surface area (Å²) in [5, 5.41) is 3.00. The molecule has 2 amide bonds. The minimum atomic E-state index is -0.281. The number of urea groups is 1. The molecule has 1 aliphatic heterocycles. The van der Waals surface area contributed by atoms with Crippen molar-refractivity contribution in [2.75, 3.05) is 0 Å². The van der Waals surface area contributed by atoms with Crippen LogP contribution in [0.2, 0.25) is 0 Å². The van der Waals surface area contributed by atoms with E-state index in [1.54, 1.807) is 0 Å². The van der Waals surface area contributed by atoms with Crippen LogP contribution in [0, 0.1) is 5.41 Å². The fraction of sp³-hybridized carbons (Fsp3) is 0.222. The number of carbonyl (C=O) groups excluding carboxylic acids is 1. The lowest BCUT2D eigenvalue weighted by molar-refractivity contribution is 0.231. The fourth-order valence-electron chi connectivity index (χ4n) is 2.90. The predicted molar refractivity (Wildman–Crippen MR) is 84.5 cm³/mol. The Hall–Kier alpha value is -2.42. The summed E-state index contributed by atoms with van der Waals surface area (Å²) in [7, 11) is 0. The third kappa shape index (κ3) is 2.47. The number of aliphatic imine (C=N–C) groups is 1.